The van der Waals surface area contributed by atoms with Crippen molar-refractivity contribution in [3.05, 3.63) is 88.8 Å². The van der Waals surface area contributed by atoms with E-state index in [9.17, 15) is 20.0 Å². The molecule has 1 aromatic heterocycles. The van der Waals surface area contributed by atoms with Crippen LogP contribution in [0.5, 0.6) is 0 Å². The smallest absolute Gasteiger partial charge is 0.335 e. The van der Waals surface area contributed by atoms with Gasteiger partial charge in [0.25, 0.3) is 5.91 Å². The van der Waals surface area contributed by atoms with E-state index in [1.807, 2.05) is 18.2 Å². The number of hydrogen-bond acceptors (Lipinski definition) is 5. The van der Waals surface area contributed by atoms with Crippen LogP contribution in [0.1, 0.15) is 34.5 Å². The lowest BCUT2D eigenvalue weighted by Crippen LogP contribution is -2.31. The predicted octanol–water partition coefficient (Wildman–Crippen LogP) is 3.38. The second-order valence-corrected chi connectivity index (χ2v) is 6.78. The molecule has 0 fully saturated rings. The first-order chi connectivity index (χ1) is 14.5. The highest BCUT2D eigenvalue weighted by molar-refractivity contribution is 6.06. The summed E-state index contributed by atoms with van der Waals surface area (Å²) in [7, 11) is 0. The molecule has 4 rings (SSSR count). The largest absolute Gasteiger partial charge is 0.478 e. The van der Waals surface area contributed by atoms with Gasteiger partial charge in [0.05, 0.1) is 17.3 Å². The van der Waals surface area contributed by atoms with E-state index in [0.717, 1.165) is 0 Å². The number of rotatable bonds is 4. The van der Waals surface area contributed by atoms with Crippen LogP contribution in [0.25, 0.3) is 0 Å². The van der Waals surface area contributed by atoms with Gasteiger partial charge in [-0.3, -0.25) is 4.79 Å². The lowest BCUT2D eigenvalue weighted by Gasteiger charge is -2.30. The molecule has 1 amide bonds. The molecule has 2 heterocycles. The highest BCUT2D eigenvalue weighted by Gasteiger charge is 2.34. The molecule has 1 aliphatic heterocycles. The number of carbonyl (C=O) groups is 2. The van der Waals surface area contributed by atoms with E-state index in [1.165, 1.54) is 18.3 Å². The van der Waals surface area contributed by atoms with Gasteiger partial charge >= 0.3 is 5.97 Å². The van der Waals surface area contributed by atoms with Gasteiger partial charge in [0.2, 0.25) is 0 Å². The van der Waals surface area contributed by atoms with Gasteiger partial charge in [-0.25, -0.2) is 9.48 Å². The first kappa shape index (κ1) is 19.0. The van der Waals surface area contributed by atoms with E-state index >= 15 is 0 Å². The standard InChI is InChI=1S/C22H17N5O3/c1-13-18(21(28)26-17-5-3-2-4-6-17)19(14-7-9-15(10-8-14)22(29)30)27-20(25-13)16(11-23)12-24-27/h2-10,12,19,25H,1H3,(H,26,28)(H,29,30)/t19-/m1/s1. The molecule has 0 spiro atoms. The van der Waals surface area contributed by atoms with Gasteiger partial charge in [-0.05, 0) is 36.8 Å². The Balaban J connectivity index is 1.81. The Kier molecular flexibility index (Phi) is 4.78. The summed E-state index contributed by atoms with van der Waals surface area (Å²) >= 11 is 0. The Bertz CT molecular complexity index is 1200. The van der Waals surface area contributed by atoms with E-state index in [4.69, 9.17) is 0 Å². The van der Waals surface area contributed by atoms with Crippen molar-refractivity contribution in [1.82, 2.24) is 9.78 Å². The van der Waals surface area contributed by atoms with Gasteiger partial charge in [0.1, 0.15) is 23.5 Å². The lowest BCUT2D eigenvalue weighted by atomic mass is 9.94. The van der Waals surface area contributed by atoms with E-state index in [1.54, 1.807) is 35.9 Å². The number of para-hydroxylation sites is 1. The minimum absolute atomic E-state index is 0.141. The number of carboxylic acid groups (broad SMARTS) is 1. The van der Waals surface area contributed by atoms with Gasteiger partial charge in [-0.1, -0.05) is 30.3 Å². The predicted molar refractivity (Wildman–Crippen MR) is 110 cm³/mol. The number of carboxylic acids is 1. The molecule has 3 aromatic rings. The van der Waals surface area contributed by atoms with Crippen LogP contribution in [0.3, 0.4) is 0 Å². The SMILES string of the molecule is CC1=C(C(=O)Nc2ccccc2)[C@@H](c2ccc(C(=O)O)cc2)n2ncc(C#N)c2N1. The number of hydrogen-bond donors (Lipinski definition) is 3. The number of nitrogens with one attached hydrogen (secondary N) is 2. The molecule has 0 radical (unpaired) electrons. The van der Waals surface area contributed by atoms with Crippen molar-refractivity contribution < 1.29 is 14.7 Å². The number of amides is 1. The van der Waals surface area contributed by atoms with Crippen molar-refractivity contribution in [2.75, 3.05) is 10.6 Å². The molecule has 1 atom stereocenters. The maximum atomic E-state index is 13.2. The van der Waals surface area contributed by atoms with Crippen LogP contribution in [-0.2, 0) is 4.79 Å². The van der Waals surface area contributed by atoms with Crippen LogP contribution in [-0.4, -0.2) is 26.8 Å². The number of allylic oxidation sites excluding steroid dienone is 1. The van der Waals surface area contributed by atoms with Crippen molar-refractivity contribution in [2.45, 2.75) is 13.0 Å². The van der Waals surface area contributed by atoms with E-state index in [2.05, 4.69) is 21.8 Å². The molecule has 3 N–H and O–H groups in total. The Hall–Kier alpha value is -4.38. The molecule has 0 unspecified atom stereocenters. The van der Waals surface area contributed by atoms with Crippen LogP contribution in [0.4, 0.5) is 11.5 Å². The molecule has 2 aromatic carbocycles. The molecule has 0 bridgehead atoms. The van der Waals surface area contributed by atoms with Crippen LogP contribution >= 0.6 is 0 Å². The molecular formula is C22H17N5O3. The summed E-state index contributed by atoms with van der Waals surface area (Å²) in [5.41, 5.74) is 2.81. The summed E-state index contributed by atoms with van der Waals surface area (Å²) in [6.45, 7) is 1.76. The number of aromatic carboxylic acids is 1. The first-order valence-electron chi connectivity index (χ1n) is 9.14. The van der Waals surface area contributed by atoms with Gasteiger partial charge in [0.15, 0.2) is 0 Å². The number of carbonyl (C=O) groups excluding carboxylic acids is 1. The fourth-order valence-electron chi connectivity index (χ4n) is 3.47. The van der Waals surface area contributed by atoms with Crippen molar-refractivity contribution in [2.24, 2.45) is 0 Å². The van der Waals surface area contributed by atoms with Gasteiger partial charge < -0.3 is 15.7 Å². The minimum atomic E-state index is -1.04. The Morgan fingerprint density at radius 3 is 2.50 bits per heavy atom. The third-order valence-electron chi connectivity index (χ3n) is 4.89. The number of benzene rings is 2. The van der Waals surface area contributed by atoms with Crippen LogP contribution in [0, 0.1) is 11.3 Å². The van der Waals surface area contributed by atoms with Gasteiger partial charge in [-0.2, -0.15) is 10.4 Å². The van der Waals surface area contributed by atoms with E-state index < -0.39 is 12.0 Å². The van der Waals surface area contributed by atoms with E-state index in [-0.39, 0.29) is 11.5 Å². The monoisotopic (exact) mass is 399 g/mol. The zero-order valence-electron chi connectivity index (χ0n) is 16.0. The Morgan fingerprint density at radius 2 is 1.87 bits per heavy atom. The minimum Gasteiger partial charge on any atom is -0.478 e. The van der Waals surface area contributed by atoms with E-state index in [0.29, 0.717) is 33.9 Å². The topological polar surface area (TPSA) is 120 Å². The third-order valence-corrected chi connectivity index (χ3v) is 4.89. The number of anilines is 2. The first-order valence-corrected chi connectivity index (χ1v) is 9.14. The maximum absolute atomic E-state index is 13.2. The van der Waals surface area contributed by atoms with Crippen molar-refractivity contribution >= 4 is 23.4 Å². The second kappa shape index (κ2) is 7.56. The molecule has 1 aliphatic rings. The normalized spacial score (nSPS) is 15.0. The summed E-state index contributed by atoms with van der Waals surface area (Å²) < 4.78 is 1.57. The summed E-state index contributed by atoms with van der Waals surface area (Å²) in [6, 6.07) is 16.8. The van der Waals surface area contributed by atoms with Gasteiger partial charge in [-0.15, -0.1) is 0 Å². The maximum Gasteiger partial charge on any atom is 0.335 e. The summed E-state index contributed by atoms with van der Waals surface area (Å²) in [4.78, 5) is 24.4. The summed E-state index contributed by atoms with van der Waals surface area (Å²) in [5.74, 6) is -0.871. The fraction of sp³-hybridized carbons (Fsp3) is 0.0909. The zero-order chi connectivity index (χ0) is 21.3. The molecule has 30 heavy (non-hydrogen) atoms. The zero-order valence-corrected chi connectivity index (χ0v) is 16.0. The van der Waals surface area contributed by atoms with Crippen LogP contribution < -0.4 is 10.6 Å². The average molecular weight is 399 g/mol. The molecular weight excluding hydrogens is 382 g/mol. The highest BCUT2D eigenvalue weighted by atomic mass is 16.4. The second-order valence-electron chi connectivity index (χ2n) is 6.78. The molecule has 8 nitrogen and oxygen atoms in total. The molecule has 0 saturated heterocycles. The molecule has 0 aliphatic carbocycles. The molecule has 0 saturated carbocycles. The average Bonchev–Trinajstić information content (AvgIpc) is 3.16. The Morgan fingerprint density at radius 1 is 1.17 bits per heavy atom. The van der Waals surface area contributed by atoms with Gasteiger partial charge in [0, 0.05) is 11.4 Å². The molecule has 148 valence electrons. The number of nitriles is 1. The van der Waals surface area contributed by atoms with Crippen LogP contribution in [0.15, 0.2) is 72.1 Å². The number of nitrogens with zero attached hydrogens (tertiary/aromatic N) is 3. The lowest BCUT2D eigenvalue weighted by molar-refractivity contribution is -0.113. The van der Waals surface area contributed by atoms with Crippen molar-refractivity contribution in [3.63, 3.8) is 0 Å². The number of aromatic nitrogens is 2. The Labute approximate surface area is 172 Å². The highest BCUT2D eigenvalue weighted by Crippen LogP contribution is 2.37. The summed E-state index contributed by atoms with van der Waals surface area (Å²) in [5, 5.41) is 28.9. The fourth-order valence-corrected chi connectivity index (χ4v) is 3.47. The van der Waals surface area contributed by atoms with Crippen LogP contribution in [0.2, 0.25) is 0 Å². The summed E-state index contributed by atoms with van der Waals surface area (Å²) in [6.07, 6.45) is 1.44. The van der Waals surface area contributed by atoms with Crippen molar-refractivity contribution in [3.8, 4) is 6.07 Å². The number of fused-ring (bicyclic) bond motifs is 1. The quantitative estimate of drug-likeness (QED) is 0.619. The third kappa shape index (κ3) is 3.29. The van der Waals surface area contributed by atoms with Crippen molar-refractivity contribution in [1.29, 1.82) is 5.26 Å². The molecule has 8 heteroatoms.